The lowest BCUT2D eigenvalue weighted by molar-refractivity contribution is 0.0695. The first kappa shape index (κ1) is 12.9. The summed E-state index contributed by atoms with van der Waals surface area (Å²) in [7, 11) is 0. The van der Waals surface area contributed by atoms with Crippen molar-refractivity contribution in [3.05, 3.63) is 63.3 Å². The quantitative estimate of drug-likeness (QED) is 0.908. The van der Waals surface area contributed by atoms with Crippen molar-refractivity contribution >= 4 is 5.97 Å². The highest BCUT2D eigenvalue weighted by Gasteiger charge is 2.12. The van der Waals surface area contributed by atoms with Crippen molar-refractivity contribution in [2.45, 2.75) is 13.5 Å². The zero-order valence-electron chi connectivity index (χ0n) is 10.1. The van der Waals surface area contributed by atoms with Gasteiger partial charge in [-0.25, -0.2) is 13.9 Å². The van der Waals surface area contributed by atoms with Crippen LogP contribution in [0.2, 0.25) is 0 Å². The fraction of sp³-hybridized carbons (Fsp3) is 0.154. The minimum Gasteiger partial charge on any atom is -0.478 e. The molecular formula is C13H11FN2O3. The van der Waals surface area contributed by atoms with Crippen LogP contribution < -0.4 is 5.56 Å². The summed E-state index contributed by atoms with van der Waals surface area (Å²) < 4.78 is 14.3. The van der Waals surface area contributed by atoms with Crippen molar-refractivity contribution in [2.75, 3.05) is 0 Å². The summed E-state index contributed by atoms with van der Waals surface area (Å²) in [5, 5.41) is 13.0. The van der Waals surface area contributed by atoms with Crippen molar-refractivity contribution in [2.24, 2.45) is 0 Å². The summed E-state index contributed by atoms with van der Waals surface area (Å²) in [6, 6.07) is 6.23. The Balaban J connectivity index is 2.48. The summed E-state index contributed by atoms with van der Waals surface area (Å²) in [5.74, 6) is -1.73. The monoisotopic (exact) mass is 262 g/mol. The van der Waals surface area contributed by atoms with Crippen LogP contribution in [0.25, 0.3) is 0 Å². The van der Waals surface area contributed by atoms with Crippen molar-refractivity contribution in [1.82, 2.24) is 9.78 Å². The third-order valence-electron chi connectivity index (χ3n) is 2.62. The Morgan fingerprint density at radius 2 is 2.11 bits per heavy atom. The van der Waals surface area contributed by atoms with Crippen molar-refractivity contribution in [3.8, 4) is 0 Å². The highest BCUT2D eigenvalue weighted by Crippen LogP contribution is 2.12. The molecule has 0 unspecified atom stereocenters. The molecule has 0 spiro atoms. The number of carboxylic acids is 1. The molecule has 1 heterocycles. The van der Waals surface area contributed by atoms with E-state index in [0.717, 1.165) is 16.8 Å². The Labute approximate surface area is 107 Å². The summed E-state index contributed by atoms with van der Waals surface area (Å²) in [6.07, 6.45) is 0. The maximum atomic E-state index is 13.2. The number of aryl methyl sites for hydroxylation is 1. The van der Waals surface area contributed by atoms with Crippen LogP contribution in [0.3, 0.4) is 0 Å². The van der Waals surface area contributed by atoms with Crippen LogP contribution in [0.5, 0.6) is 0 Å². The normalized spacial score (nSPS) is 10.4. The van der Waals surface area contributed by atoms with Gasteiger partial charge in [0.1, 0.15) is 5.82 Å². The Bertz CT molecular complexity index is 695. The fourth-order valence-corrected chi connectivity index (χ4v) is 1.73. The predicted molar refractivity (Wildman–Crippen MR) is 65.7 cm³/mol. The van der Waals surface area contributed by atoms with E-state index in [0.29, 0.717) is 5.69 Å². The first-order chi connectivity index (χ1) is 8.97. The van der Waals surface area contributed by atoms with Gasteiger partial charge in [0.25, 0.3) is 5.56 Å². The van der Waals surface area contributed by atoms with E-state index in [1.807, 2.05) is 0 Å². The molecule has 19 heavy (non-hydrogen) atoms. The molecular weight excluding hydrogens is 251 g/mol. The van der Waals surface area contributed by atoms with Crippen LogP contribution in [-0.4, -0.2) is 20.9 Å². The fourth-order valence-electron chi connectivity index (χ4n) is 1.73. The molecule has 0 saturated carbocycles. The molecule has 0 amide bonds. The predicted octanol–water partition coefficient (Wildman–Crippen LogP) is 1.44. The molecule has 1 aromatic carbocycles. The third-order valence-corrected chi connectivity index (χ3v) is 2.62. The minimum absolute atomic E-state index is 0.0448. The maximum Gasteiger partial charge on any atom is 0.336 e. The largest absolute Gasteiger partial charge is 0.478 e. The molecule has 2 aromatic rings. The van der Waals surface area contributed by atoms with E-state index in [9.17, 15) is 14.0 Å². The van der Waals surface area contributed by atoms with E-state index in [1.165, 1.54) is 12.1 Å². The number of aromatic carboxylic acids is 1. The van der Waals surface area contributed by atoms with Gasteiger partial charge in [0.05, 0.1) is 17.8 Å². The van der Waals surface area contributed by atoms with Crippen molar-refractivity contribution < 1.29 is 14.3 Å². The lowest BCUT2D eigenvalue weighted by Crippen LogP contribution is -2.24. The van der Waals surface area contributed by atoms with E-state index >= 15 is 0 Å². The Hall–Kier alpha value is -2.50. The number of nitrogens with zero attached hydrogens (tertiary/aromatic N) is 2. The summed E-state index contributed by atoms with van der Waals surface area (Å²) in [6.45, 7) is 1.62. The Kier molecular flexibility index (Phi) is 3.41. The first-order valence-electron chi connectivity index (χ1n) is 5.54. The van der Waals surface area contributed by atoms with Gasteiger partial charge in [-0.05, 0) is 36.8 Å². The lowest BCUT2D eigenvalue weighted by Gasteiger charge is -2.08. The number of carbonyl (C=O) groups is 1. The Morgan fingerprint density at radius 1 is 1.37 bits per heavy atom. The number of benzene rings is 1. The number of hydrogen-bond donors (Lipinski definition) is 1. The van der Waals surface area contributed by atoms with Crippen LogP contribution in [0.1, 0.15) is 21.6 Å². The summed E-state index contributed by atoms with van der Waals surface area (Å²) in [5.41, 5.74) is 0.406. The van der Waals surface area contributed by atoms with E-state index in [4.69, 9.17) is 5.11 Å². The molecule has 0 aliphatic carbocycles. The van der Waals surface area contributed by atoms with Crippen LogP contribution in [0.15, 0.2) is 35.1 Å². The molecule has 0 aliphatic rings. The van der Waals surface area contributed by atoms with Gasteiger partial charge in [-0.15, -0.1) is 0 Å². The van der Waals surface area contributed by atoms with E-state index in [1.54, 1.807) is 13.0 Å². The molecule has 1 aromatic heterocycles. The molecule has 5 nitrogen and oxygen atoms in total. The molecule has 0 fully saturated rings. The second-order valence-electron chi connectivity index (χ2n) is 4.08. The van der Waals surface area contributed by atoms with Gasteiger partial charge in [-0.1, -0.05) is 0 Å². The van der Waals surface area contributed by atoms with Gasteiger partial charge in [0.2, 0.25) is 0 Å². The van der Waals surface area contributed by atoms with E-state index in [-0.39, 0.29) is 23.2 Å². The number of halogens is 1. The second-order valence-corrected chi connectivity index (χ2v) is 4.08. The van der Waals surface area contributed by atoms with E-state index in [2.05, 4.69) is 5.10 Å². The smallest absolute Gasteiger partial charge is 0.336 e. The van der Waals surface area contributed by atoms with Gasteiger partial charge < -0.3 is 5.11 Å². The van der Waals surface area contributed by atoms with E-state index < -0.39 is 11.8 Å². The van der Waals surface area contributed by atoms with Gasteiger partial charge in [-0.2, -0.15) is 5.10 Å². The third kappa shape index (κ3) is 2.85. The zero-order chi connectivity index (χ0) is 14.0. The average molecular weight is 262 g/mol. The topological polar surface area (TPSA) is 72.2 Å². The molecule has 0 saturated heterocycles. The van der Waals surface area contributed by atoms with Gasteiger partial charge in [0, 0.05) is 6.07 Å². The molecule has 98 valence electrons. The molecule has 2 rings (SSSR count). The van der Waals surface area contributed by atoms with Crippen LogP contribution in [-0.2, 0) is 6.54 Å². The molecule has 0 bridgehead atoms. The van der Waals surface area contributed by atoms with Gasteiger partial charge >= 0.3 is 5.97 Å². The molecule has 1 N–H and O–H groups in total. The number of hydrogen-bond acceptors (Lipinski definition) is 3. The van der Waals surface area contributed by atoms with Crippen LogP contribution in [0.4, 0.5) is 4.39 Å². The van der Waals surface area contributed by atoms with Crippen molar-refractivity contribution in [1.29, 1.82) is 0 Å². The molecule has 0 radical (unpaired) electrons. The van der Waals surface area contributed by atoms with Crippen LogP contribution in [0, 0.1) is 12.7 Å². The van der Waals surface area contributed by atoms with Gasteiger partial charge in [0.15, 0.2) is 0 Å². The minimum atomic E-state index is -1.17. The molecule has 6 heteroatoms. The maximum absolute atomic E-state index is 13.2. The molecule has 0 aliphatic heterocycles. The number of aromatic nitrogens is 2. The highest BCUT2D eigenvalue weighted by molar-refractivity contribution is 5.89. The first-order valence-corrected chi connectivity index (χ1v) is 5.54. The average Bonchev–Trinajstić information content (AvgIpc) is 2.33. The van der Waals surface area contributed by atoms with Crippen molar-refractivity contribution in [3.63, 3.8) is 0 Å². The van der Waals surface area contributed by atoms with Crippen LogP contribution >= 0.6 is 0 Å². The number of carboxylic acid groups (broad SMARTS) is 1. The summed E-state index contributed by atoms with van der Waals surface area (Å²) >= 11 is 0. The second kappa shape index (κ2) is 5.01. The SMILES string of the molecule is Cc1ccc(=O)n(Cc2cc(F)ccc2C(=O)O)n1. The molecule has 0 atom stereocenters. The summed E-state index contributed by atoms with van der Waals surface area (Å²) in [4.78, 5) is 22.6. The lowest BCUT2D eigenvalue weighted by atomic mass is 10.1. The highest BCUT2D eigenvalue weighted by atomic mass is 19.1. The van der Waals surface area contributed by atoms with Gasteiger partial charge in [-0.3, -0.25) is 4.79 Å². The zero-order valence-corrected chi connectivity index (χ0v) is 10.1. The Morgan fingerprint density at radius 3 is 2.79 bits per heavy atom. The number of rotatable bonds is 3. The standard InChI is InChI=1S/C13H11FN2O3/c1-8-2-5-12(17)16(15-8)7-9-6-10(14)3-4-11(9)13(18)19/h2-6H,7H2,1H3,(H,18,19).